The zero-order valence-corrected chi connectivity index (χ0v) is 20.5. The number of methoxy groups -OCH3 is 5. The molecule has 1 atom stereocenters. The first kappa shape index (κ1) is 25.7. The van der Waals surface area contributed by atoms with Crippen LogP contribution in [0, 0.1) is 5.92 Å². The highest BCUT2D eigenvalue weighted by atomic mass is 16.5. The number of amides is 2. The number of hydrogen-bond acceptors (Lipinski definition) is 8. The van der Waals surface area contributed by atoms with E-state index in [-0.39, 0.29) is 37.9 Å². The van der Waals surface area contributed by atoms with Crippen LogP contribution in [0.5, 0.6) is 23.0 Å². The largest absolute Gasteiger partial charge is 0.497 e. The number of benzene rings is 2. The average Bonchev–Trinajstić information content (AvgIpc) is 3.28. The van der Waals surface area contributed by atoms with Gasteiger partial charge in [0.05, 0.1) is 41.5 Å². The fourth-order valence-electron chi connectivity index (χ4n) is 3.98. The minimum Gasteiger partial charge on any atom is -0.497 e. The molecule has 0 N–H and O–H groups in total. The van der Waals surface area contributed by atoms with E-state index in [2.05, 4.69) is 0 Å². The van der Waals surface area contributed by atoms with Crippen molar-refractivity contribution in [1.82, 2.24) is 4.90 Å². The van der Waals surface area contributed by atoms with Crippen LogP contribution in [0.15, 0.2) is 36.4 Å². The summed E-state index contributed by atoms with van der Waals surface area (Å²) in [5.41, 5.74) is 1.31. The van der Waals surface area contributed by atoms with Crippen LogP contribution in [0.2, 0.25) is 0 Å². The lowest BCUT2D eigenvalue weighted by molar-refractivity contribution is -0.148. The van der Waals surface area contributed by atoms with E-state index in [4.69, 9.17) is 23.7 Å². The second-order valence-electron chi connectivity index (χ2n) is 7.94. The average molecular weight is 487 g/mol. The van der Waals surface area contributed by atoms with Crippen LogP contribution in [0.25, 0.3) is 0 Å². The van der Waals surface area contributed by atoms with Crippen molar-refractivity contribution in [3.05, 3.63) is 42.0 Å². The Hall–Kier alpha value is -3.95. The van der Waals surface area contributed by atoms with Gasteiger partial charge in [0.2, 0.25) is 11.8 Å². The van der Waals surface area contributed by atoms with Crippen molar-refractivity contribution >= 4 is 23.5 Å². The Bertz CT molecular complexity index is 1060. The second kappa shape index (κ2) is 11.5. The first-order valence-electron chi connectivity index (χ1n) is 10.9. The third-order valence-corrected chi connectivity index (χ3v) is 5.80. The predicted octanol–water partition coefficient (Wildman–Crippen LogP) is 2.28. The highest BCUT2D eigenvalue weighted by Crippen LogP contribution is 2.34. The van der Waals surface area contributed by atoms with Crippen molar-refractivity contribution in [3.8, 4) is 23.0 Å². The molecule has 0 saturated carbocycles. The fraction of sp³-hybridized carbons (Fsp3) is 0.400. The number of hydrogen-bond donors (Lipinski definition) is 0. The Morgan fingerprint density at radius 2 is 1.57 bits per heavy atom. The van der Waals surface area contributed by atoms with E-state index in [1.165, 1.54) is 45.3 Å². The molecule has 2 aromatic rings. The molecule has 35 heavy (non-hydrogen) atoms. The van der Waals surface area contributed by atoms with Crippen molar-refractivity contribution in [2.75, 3.05) is 53.5 Å². The lowest BCUT2D eigenvalue weighted by atomic mass is 10.1. The number of carbonyl (C=O) groups excluding carboxylic acids is 3. The van der Waals surface area contributed by atoms with Crippen molar-refractivity contribution in [1.29, 1.82) is 0 Å². The molecule has 188 valence electrons. The molecule has 0 bridgehead atoms. The summed E-state index contributed by atoms with van der Waals surface area (Å²) in [5, 5.41) is 0. The van der Waals surface area contributed by atoms with Crippen LogP contribution >= 0.6 is 0 Å². The van der Waals surface area contributed by atoms with Crippen LogP contribution in [0.4, 0.5) is 5.69 Å². The maximum absolute atomic E-state index is 13.5. The third-order valence-electron chi connectivity index (χ3n) is 5.80. The Kier molecular flexibility index (Phi) is 8.40. The molecule has 0 aromatic heterocycles. The van der Waals surface area contributed by atoms with Gasteiger partial charge in [-0.05, 0) is 29.8 Å². The zero-order valence-electron chi connectivity index (χ0n) is 20.5. The second-order valence-corrected chi connectivity index (χ2v) is 7.94. The summed E-state index contributed by atoms with van der Waals surface area (Å²) in [6.07, 6.45) is 0.0201. The summed E-state index contributed by atoms with van der Waals surface area (Å²) >= 11 is 0. The first-order valence-corrected chi connectivity index (χ1v) is 10.9. The molecule has 1 fully saturated rings. The molecule has 2 amide bonds. The van der Waals surface area contributed by atoms with E-state index in [0.717, 1.165) is 0 Å². The van der Waals surface area contributed by atoms with Gasteiger partial charge in [-0.25, -0.2) is 0 Å². The molecule has 10 nitrogen and oxygen atoms in total. The minimum absolute atomic E-state index is 0.0201. The van der Waals surface area contributed by atoms with Gasteiger partial charge in [0, 0.05) is 37.3 Å². The maximum Gasteiger partial charge on any atom is 0.325 e. The number of anilines is 1. The minimum atomic E-state index is -0.632. The third kappa shape index (κ3) is 5.95. The van der Waals surface area contributed by atoms with Gasteiger partial charge < -0.3 is 33.5 Å². The van der Waals surface area contributed by atoms with Crippen LogP contribution in [-0.4, -0.2) is 71.3 Å². The molecule has 10 heteroatoms. The van der Waals surface area contributed by atoms with Gasteiger partial charge in [0.15, 0.2) is 11.5 Å². The van der Waals surface area contributed by atoms with Gasteiger partial charge in [0.25, 0.3) is 0 Å². The lowest BCUT2D eigenvalue weighted by Crippen LogP contribution is -2.40. The van der Waals surface area contributed by atoms with Crippen LogP contribution in [-0.2, 0) is 25.7 Å². The Morgan fingerprint density at radius 3 is 2.14 bits per heavy atom. The molecule has 0 radical (unpaired) electrons. The monoisotopic (exact) mass is 486 g/mol. The predicted molar refractivity (Wildman–Crippen MR) is 127 cm³/mol. The van der Waals surface area contributed by atoms with E-state index < -0.39 is 11.9 Å². The highest BCUT2D eigenvalue weighted by Gasteiger charge is 2.38. The van der Waals surface area contributed by atoms with Gasteiger partial charge >= 0.3 is 5.97 Å². The van der Waals surface area contributed by atoms with Crippen LogP contribution in [0.3, 0.4) is 0 Å². The van der Waals surface area contributed by atoms with Crippen LogP contribution in [0.1, 0.15) is 12.0 Å². The number of carbonyl (C=O) groups is 3. The number of rotatable bonds is 10. The summed E-state index contributed by atoms with van der Waals surface area (Å²) < 4.78 is 26.0. The summed E-state index contributed by atoms with van der Waals surface area (Å²) in [5.74, 6) is 0.411. The summed E-state index contributed by atoms with van der Waals surface area (Å²) in [6.45, 7) is 0.0324. The lowest BCUT2D eigenvalue weighted by Gasteiger charge is -2.25. The molecule has 1 heterocycles. The molecular weight excluding hydrogens is 456 g/mol. The van der Waals surface area contributed by atoms with E-state index in [1.807, 2.05) is 0 Å². The van der Waals surface area contributed by atoms with Crippen LogP contribution < -0.4 is 23.8 Å². The first-order chi connectivity index (χ1) is 16.8. The molecule has 1 unspecified atom stereocenters. The number of ether oxygens (including phenoxy) is 5. The van der Waals surface area contributed by atoms with Gasteiger partial charge in [-0.2, -0.15) is 0 Å². The highest BCUT2D eigenvalue weighted by molar-refractivity contribution is 6.01. The molecular formula is C25H30N2O8. The number of nitrogens with zero attached hydrogens (tertiary/aromatic N) is 2. The molecule has 1 saturated heterocycles. The van der Waals surface area contributed by atoms with E-state index in [9.17, 15) is 14.4 Å². The Balaban J connectivity index is 1.83. The van der Waals surface area contributed by atoms with Crippen molar-refractivity contribution in [2.24, 2.45) is 5.92 Å². The maximum atomic E-state index is 13.5. The zero-order chi connectivity index (χ0) is 25.5. The summed E-state index contributed by atoms with van der Waals surface area (Å²) in [4.78, 5) is 41.3. The topological polar surface area (TPSA) is 104 Å². The molecule has 2 aromatic carbocycles. The molecule has 1 aliphatic heterocycles. The normalized spacial score (nSPS) is 14.9. The SMILES string of the molecule is COC(=O)CN(Cc1cc(OC)cc(OC)c1)C(=O)C1CC(=O)N(c2ccc(OC)c(OC)c2)C1. The summed E-state index contributed by atoms with van der Waals surface area (Å²) in [6, 6.07) is 10.4. The molecule has 0 aliphatic carbocycles. The number of esters is 1. The van der Waals surface area contributed by atoms with Gasteiger partial charge in [-0.3, -0.25) is 14.4 Å². The fourth-order valence-corrected chi connectivity index (χ4v) is 3.98. The van der Waals surface area contributed by atoms with Gasteiger partial charge in [-0.15, -0.1) is 0 Å². The van der Waals surface area contributed by atoms with Crippen molar-refractivity contribution in [3.63, 3.8) is 0 Å². The molecule has 1 aliphatic rings. The molecule has 3 rings (SSSR count). The Morgan fingerprint density at radius 1 is 0.914 bits per heavy atom. The Labute approximate surface area is 204 Å². The summed E-state index contributed by atoms with van der Waals surface area (Å²) in [7, 11) is 7.36. The van der Waals surface area contributed by atoms with E-state index in [0.29, 0.717) is 34.2 Å². The smallest absolute Gasteiger partial charge is 0.325 e. The van der Waals surface area contributed by atoms with Crippen molar-refractivity contribution < 1.29 is 38.1 Å². The standard InChI is InChI=1S/C25H30N2O8/c1-31-19-8-16(9-20(12-19)32-2)13-26(15-24(29)35-5)25(30)17-10-23(28)27(14-17)18-6-7-21(33-3)22(11-18)34-4/h6-9,11-12,17H,10,13-15H2,1-5H3. The van der Waals surface area contributed by atoms with E-state index >= 15 is 0 Å². The van der Waals surface area contributed by atoms with Gasteiger partial charge in [-0.1, -0.05) is 0 Å². The quantitative estimate of drug-likeness (QED) is 0.471. The van der Waals surface area contributed by atoms with Gasteiger partial charge in [0.1, 0.15) is 18.0 Å². The van der Waals surface area contributed by atoms with Crippen molar-refractivity contribution in [2.45, 2.75) is 13.0 Å². The van der Waals surface area contributed by atoms with E-state index in [1.54, 1.807) is 36.4 Å². The molecule has 0 spiro atoms.